The third-order valence-electron chi connectivity index (χ3n) is 0. The zero-order valence-corrected chi connectivity index (χ0v) is 8.01. The normalized spacial score (nSPS) is 8.00. The number of rotatable bonds is 0. The average Bonchev–Trinajstić information content (AvgIpc) is 1.25. The topological polar surface area (TPSA) is 0 Å². The zero-order chi connectivity index (χ0) is 7.15. The predicted octanol–water partition coefficient (Wildman–Crippen LogP) is 2.68. The van der Waals surface area contributed by atoms with Crippen molar-refractivity contribution in [2.75, 3.05) is 0 Å². The maximum Gasteiger partial charge on any atom is 2.00 e. The minimum Gasteiger partial charge on any atom is -0.385 e. The monoisotopic (exact) mass is 252 g/mol. The summed E-state index contributed by atoms with van der Waals surface area (Å²) in [6.07, 6.45) is 0. The summed E-state index contributed by atoms with van der Waals surface area (Å²) in [5.41, 5.74) is 0. The molecule has 0 atom stereocenters. The van der Waals surface area contributed by atoms with Crippen molar-refractivity contribution in [3.8, 4) is 0 Å². The molecule has 0 aliphatic carbocycles. The summed E-state index contributed by atoms with van der Waals surface area (Å²) in [5, 5.41) is 0. The first-order chi connectivity index (χ1) is 3.46. The van der Waals surface area contributed by atoms with Crippen LogP contribution in [0.4, 0.5) is 26.3 Å². The first-order valence-electron chi connectivity index (χ1n) is 1.13. The van der Waals surface area contributed by atoms with Gasteiger partial charge in [0.1, 0.15) is 0 Å². The van der Waals surface area contributed by atoms with Gasteiger partial charge >= 0.3 is 27.3 Å². The van der Waals surface area contributed by atoms with Gasteiger partial charge in [0.25, 0.3) is 0 Å². The Balaban J connectivity index is -0.0000000720. The van der Waals surface area contributed by atoms with Crippen LogP contribution in [0.2, 0.25) is 0 Å². The number of halogens is 6. The maximum absolute atomic E-state index is 9.58. The molecule has 52 valence electrons. The van der Waals surface area contributed by atoms with Gasteiger partial charge in [0, 0.05) is 0 Å². The van der Waals surface area contributed by atoms with E-state index in [4.69, 9.17) is 0 Å². The molecule has 0 unspecified atom stereocenters. The van der Waals surface area contributed by atoms with Gasteiger partial charge in [0.05, 0.1) is 0 Å². The maximum atomic E-state index is 9.58. The Morgan fingerprint density at radius 1 is 0.556 bits per heavy atom. The van der Waals surface area contributed by atoms with E-state index in [2.05, 4.69) is 0 Å². The van der Waals surface area contributed by atoms with Crippen molar-refractivity contribution in [3.05, 3.63) is 13.4 Å². The van der Waals surface area contributed by atoms with Gasteiger partial charge in [0.15, 0.2) is 13.4 Å². The van der Waals surface area contributed by atoms with Crippen LogP contribution in [0.15, 0.2) is 0 Å². The smallest absolute Gasteiger partial charge is 0.385 e. The van der Waals surface area contributed by atoms with Crippen LogP contribution in [0, 0.1) is 13.4 Å². The summed E-state index contributed by atoms with van der Waals surface area (Å²) in [7, 11) is 0. The van der Waals surface area contributed by atoms with Gasteiger partial charge in [-0.25, -0.2) is 0 Å². The Morgan fingerprint density at radius 2 is 0.556 bits per heavy atom. The largest absolute Gasteiger partial charge is 2.00 e. The molecule has 0 aliphatic rings. The first kappa shape index (κ1) is 16.2. The van der Waals surface area contributed by atoms with E-state index in [0.717, 1.165) is 0 Å². The summed E-state index contributed by atoms with van der Waals surface area (Å²) in [6, 6.07) is 0. The fraction of sp³-hybridized carbons (Fsp3) is 0. The van der Waals surface area contributed by atoms with Gasteiger partial charge in [-0.05, 0) is 0 Å². The van der Waals surface area contributed by atoms with E-state index in [1.807, 2.05) is 0 Å². The van der Waals surface area contributed by atoms with Crippen molar-refractivity contribution in [3.63, 3.8) is 0 Å². The minimum atomic E-state index is -3.08. The van der Waals surface area contributed by atoms with Crippen molar-refractivity contribution >= 4 is 0 Å². The molecule has 0 saturated carbocycles. The van der Waals surface area contributed by atoms with E-state index < -0.39 is 13.4 Å². The Hall–Kier alpha value is 0.502. The van der Waals surface area contributed by atoms with E-state index in [-0.39, 0.29) is 27.3 Å². The van der Waals surface area contributed by atoms with Crippen LogP contribution in [-0.2, 0) is 27.3 Å². The van der Waals surface area contributed by atoms with Crippen LogP contribution < -0.4 is 0 Å². The Morgan fingerprint density at radius 3 is 0.556 bits per heavy atom. The predicted molar refractivity (Wildman–Crippen MR) is 13.1 cm³/mol. The van der Waals surface area contributed by atoms with Crippen LogP contribution in [0.3, 0.4) is 0 Å². The average molecular weight is 250 g/mol. The molecule has 0 N–H and O–H groups in total. The van der Waals surface area contributed by atoms with E-state index in [1.165, 1.54) is 0 Å². The molecule has 9 heavy (non-hydrogen) atoms. The van der Waals surface area contributed by atoms with E-state index in [1.54, 1.807) is 0 Å². The molecule has 0 heterocycles. The Bertz CT molecular complexity index is 26.5. The van der Waals surface area contributed by atoms with Crippen LogP contribution in [0.1, 0.15) is 0 Å². The van der Waals surface area contributed by atoms with Gasteiger partial charge in [-0.1, -0.05) is 0 Å². The minimum absolute atomic E-state index is 0. The van der Waals surface area contributed by atoms with E-state index in [0.29, 0.717) is 0 Å². The summed E-state index contributed by atoms with van der Waals surface area (Å²) in [4.78, 5) is 0. The van der Waals surface area contributed by atoms with Crippen molar-refractivity contribution in [1.82, 2.24) is 0 Å². The molecule has 0 nitrogen and oxygen atoms in total. The van der Waals surface area contributed by atoms with Gasteiger partial charge < -0.3 is 26.3 Å². The van der Waals surface area contributed by atoms with Crippen molar-refractivity contribution in [1.29, 1.82) is 0 Å². The molecule has 0 fully saturated rings. The summed E-state index contributed by atoms with van der Waals surface area (Å²) in [6.45, 7) is -6.17. The third kappa shape index (κ3) is 1430. The fourth-order valence-corrected chi connectivity index (χ4v) is 0. The van der Waals surface area contributed by atoms with Gasteiger partial charge in [0.2, 0.25) is 0 Å². The van der Waals surface area contributed by atoms with E-state index >= 15 is 0 Å². The standard InChI is InChI=1S/2CF3.Cd/c2*2-1(3)4;/q2*-1;+2. The second-order valence-corrected chi connectivity index (χ2v) is 0.429. The molecule has 0 bridgehead atoms. The van der Waals surface area contributed by atoms with Crippen LogP contribution in [0.25, 0.3) is 0 Å². The summed E-state index contributed by atoms with van der Waals surface area (Å²) >= 11 is 0. The van der Waals surface area contributed by atoms with Crippen LogP contribution in [-0.4, -0.2) is 0 Å². The van der Waals surface area contributed by atoms with Crippen molar-refractivity contribution in [2.45, 2.75) is 0 Å². The van der Waals surface area contributed by atoms with Crippen molar-refractivity contribution < 1.29 is 53.6 Å². The first-order valence-corrected chi connectivity index (χ1v) is 1.13. The molecule has 0 amide bonds. The molecule has 0 aliphatic heterocycles. The zero-order valence-electron chi connectivity index (χ0n) is 3.97. The number of hydrogen-bond acceptors (Lipinski definition) is 0. The van der Waals surface area contributed by atoms with E-state index in [9.17, 15) is 26.3 Å². The molecule has 0 spiro atoms. The van der Waals surface area contributed by atoms with Gasteiger partial charge in [-0.2, -0.15) is 0 Å². The molecule has 0 saturated heterocycles. The second kappa shape index (κ2) is 11.3. The molecule has 0 rings (SSSR count). The molecule has 0 aromatic rings. The molecular formula is C2CdF6. The quantitative estimate of drug-likeness (QED) is 0.352. The van der Waals surface area contributed by atoms with Crippen LogP contribution in [0.5, 0.6) is 0 Å². The SMILES string of the molecule is F[C-](F)F.F[C-](F)F.[Cd+2]. The summed E-state index contributed by atoms with van der Waals surface area (Å²) < 4.78 is 57.5. The van der Waals surface area contributed by atoms with Gasteiger partial charge in [-0.15, -0.1) is 0 Å². The van der Waals surface area contributed by atoms with Crippen molar-refractivity contribution in [2.24, 2.45) is 0 Å². The molecule has 7 heteroatoms. The third-order valence-corrected chi connectivity index (χ3v) is 0. The van der Waals surface area contributed by atoms with Crippen LogP contribution >= 0.6 is 0 Å². The Labute approximate surface area is 67.4 Å². The molecule has 0 aromatic heterocycles. The Kier molecular flexibility index (Phi) is 20.4. The number of hydrogen-bond donors (Lipinski definition) is 0. The second-order valence-electron chi connectivity index (χ2n) is 0.429. The molecule has 0 radical (unpaired) electrons. The fourth-order valence-electron chi connectivity index (χ4n) is 0. The van der Waals surface area contributed by atoms with Gasteiger partial charge in [-0.3, -0.25) is 0 Å². The molecular weight excluding hydrogens is 250 g/mol. The molecule has 0 aromatic carbocycles. The summed E-state index contributed by atoms with van der Waals surface area (Å²) in [5.74, 6) is 0.